The summed E-state index contributed by atoms with van der Waals surface area (Å²) >= 11 is 0. The highest BCUT2D eigenvalue weighted by Crippen LogP contribution is 2.26. The van der Waals surface area contributed by atoms with E-state index in [0.717, 1.165) is 11.7 Å². The predicted octanol–water partition coefficient (Wildman–Crippen LogP) is 1.69. The molecule has 0 saturated heterocycles. The molecule has 3 heteroatoms. The molecule has 0 spiro atoms. The normalized spacial score (nSPS) is 18.8. The zero-order valence-electron chi connectivity index (χ0n) is 8.55. The van der Waals surface area contributed by atoms with Crippen LogP contribution in [0.2, 0.25) is 0 Å². The number of hydrazone groups is 1. The fourth-order valence-electron chi connectivity index (χ4n) is 1.26. The number of hydrogen-bond acceptors (Lipinski definition) is 3. The highest BCUT2D eigenvalue weighted by atomic mass is 15.6. The van der Waals surface area contributed by atoms with Gasteiger partial charge in [0.2, 0.25) is 0 Å². The molecule has 0 fully saturated rings. The molecule has 1 heterocycles. The average Bonchev–Trinajstić information content (AvgIpc) is 2.15. The summed E-state index contributed by atoms with van der Waals surface area (Å²) in [5, 5.41) is 6.20. The van der Waals surface area contributed by atoms with Crippen LogP contribution >= 0.6 is 0 Å². The van der Waals surface area contributed by atoms with E-state index in [4.69, 9.17) is 0 Å². The molecule has 0 radical (unpaired) electrons. The Morgan fingerprint density at radius 1 is 1.25 bits per heavy atom. The first kappa shape index (κ1) is 9.10. The lowest BCUT2D eigenvalue weighted by Gasteiger charge is -2.24. The molecule has 1 rings (SSSR count). The standard InChI is InChI=1S/C9H17N3/c1-7-11(5)8(9(2,3)4)10-12(7)6/h1H2,2-6H3. The summed E-state index contributed by atoms with van der Waals surface area (Å²) in [6.45, 7) is 10.4. The Morgan fingerprint density at radius 2 is 1.75 bits per heavy atom. The second-order valence-electron chi connectivity index (χ2n) is 4.17. The molecular formula is C9H17N3. The summed E-state index contributed by atoms with van der Waals surface area (Å²) in [5.74, 6) is 2.00. The van der Waals surface area contributed by atoms with Gasteiger partial charge in [-0.15, -0.1) is 0 Å². The van der Waals surface area contributed by atoms with Crippen molar-refractivity contribution in [1.29, 1.82) is 0 Å². The summed E-state index contributed by atoms with van der Waals surface area (Å²) in [4.78, 5) is 2.03. The van der Waals surface area contributed by atoms with Crippen molar-refractivity contribution < 1.29 is 0 Å². The van der Waals surface area contributed by atoms with E-state index in [9.17, 15) is 0 Å². The molecule has 0 amide bonds. The number of rotatable bonds is 0. The van der Waals surface area contributed by atoms with Crippen LogP contribution in [0.3, 0.4) is 0 Å². The van der Waals surface area contributed by atoms with E-state index in [1.165, 1.54) is 0 Å². The fourth-order valence-corrected chi connectivity index (χ4v) is 1.26. The minimum absolute atomic E-state index is 0.0858. The predicted molar refractivity (Wildman–Crippen MR) is 51.6 cm³/mol. The Morgan fingerprint density at radius 3 is 1.92 bits per heavy atom. The molecule has 12 heavy (non-hydrogen) atoms. The van der Waals surface area contributed by atoms with Crippen molar-refractivity contribution >= 4 is 5.84 Å². The molecule has 0 saturated carbocycles. The highest BCUT2D eigenvalue weighted by Gasteiger charge is 2.30. The molecule has 0 N–H and O–H groups in total. The van der Waals surface area contributed by atoms with Gasteiger partial charge in [-0.1, -0.05) is 27.4 Å². The van der Waals surface area contributed by atoms with Crippen LogP contribution in [-0.4, -0.2) is 29.8 Å². The van der Waals surface area contributed by atoms with Gasteiger partial charge in [-0.3, -0.25) is 5.01 Å². The zero-order chi connectivity index (χ0) is 9.52. The Bertz CT molecular complexity index is 235. The largest absolute Gasteiger partial charge is 0.317 e. The van der Waals surface area contributed by atoms with Crippen molar-refractivity contribution in [2.45, 2.75) is 20.8 Å². The van der Waals surface area contributed by atoms with Crippen LogP contribution in [0.15, 0.2) is 17.5 Å². The second-order valence-corrected chi connectivity index (χ2v) is 4.17. The van der Waals surface area contributed by atoms with Crippen LogP contribution in [-0.2, 0) is 0 Å². The Labute approximate surface area is 74.3 Å². The lowest BCUT2D eigenvalue weighted by Crippen LogP contribution is -2.32. The average molecular weight is 167 g/mol. The van der Waals surface area contributed by atoms with Crippen molar-refractivity contribution in [3.8, 4) is 0 Å². The van der Waals surface area contributed by atoms with E-state index in [-0.39, 0.29) is 5.41 Å². The first-order chi connectivity index (χ1) is 5.34. The highest BCUT2D eigenvalue weighted by molar-refractivity contribution is 5.89. The van der Waals surface area contributed by atoms with Gasteiger partial charge in [0.05, 0.1) is 0 Å². The molecule has 0 aliphatic carbocycles. The SMILES string of the molecule is C=C1N(C)N=C(C(C)(C)C)N1C. The van der Waals surface area contributed by atoms with Crippen LogP contribution in [0.4, 0.5) is 0 Å². The topological polar surface area (TPSA) is 18.8 Å². The third-order valence-corrected chi connectivity index (χ3v) is 1.99. The Hall–Kier alpha value is -0.990. The van der Waals surface area contributed by atoms with Crippen molar-refractivity contribution in [2.24, 2.45) is 10.5 Å². The van der Waals surface area contributed by atoms with Crippen molar-refractivity contribution in [1.82, 2.24) is 9.91 Å². The minimum Gasteiger partial charge on any atom is -0.317 e. The molecule has 1 aliphatic heterocycles. The third kappa shape index (κ3) is 1.31. The summed E-state index contributed by atoms with van der Waals surface area (Å²) < 4.78 is 0. The summed E-state index contributed by atoms with van der Waals surface area (Å²) in [6.07, 6.45) is 0. The first-order valence-electron chi connectivity index (χ1n) is 4.09. The van der Waals surface area contributed by atoms with Crippen molar-refractivity contribution in [2.75, 3.05) is 14.1 Å². The van der Waals surface area contributed by atoms with E-state index >= 15 is 0 Å². The van der Waals surface area contributed by atoms with Crippen LogP contribution in [0, 0.1) is 5.41 Å². The fraction of sp³-hybridized carbons (Fsp3) is 0.667. The van der Waals surface area contributed by atoms with E-state index in [1.807, 2.05) is 19.0 Å². The lowest BCUT2D eigenvalue weighted by molar-refractivity contribution is 0.398. The van der Waals surface area contributed by atoms with Crippen LogP contribution < -0.4 is 0 Å². The molecule has 3 nitrogen and oxygen atoms in total. The van der Waals surface area contributed by atoms with E-state index < -0.39 is 0 Å². The maximum absolute atomic E-state index is 4.40. The molecule has 68 valence electrons. The van der Waals surface area contributed by atoms with Gasteiger partial charge in [-0.2, -0.15) is 5.10 Å². The molecule has 1 aliphatic rings. The van der Waals surface area contributed by atoms with Gasteiger partial charge >= 0.3 is 0 Å². The van der Waals surface area contributed by atoms with Gasteiger partial charge in [-0.25, -0.2) is 0 Å². The molecule has 0 atom stereocenters. The van der Waals surface area contributed by atoms with Crippen LogP contribution in [0.1, 0.15) is 20.8 Å². The Balaban J connectivity index is 2.95. The molecule has 0 bridgehead atoms. The van der Waals surface area contributed by atoms with E-state index in [0.29, 0.717) is 0 Å². The maximum atomic E-state index is 4.40. The van der Waals surface area contributed by atoms with Gasteiger partial charge in [0.1, 0.15) is 11.7 Å². The van der Waals surface area contributed by atoms with Crippen LogP contribution in [0.25, 0.3) is 0 Å². The van der Waals surface area contributed by atoms with Gasteiger partial charge in [0.15, 0.2) is 0 Å². The lowest BCUT2D eigenvalue weighted by atomic mass is 9.94. The number of amidine groups is 1. The summed E-state index contributed by atoms with van der Waals surface area (Å²) in [6, 6.07) is 0. The van der Waals surface area contributed by atoms with E-state index in [1.54, 1.807) is 5.01 Å². The monoisotopic (exact) mass is 167 g/mol. The molecule has 0 aromatic carbocycles. The van der Waals surface area contributed by atoms with Gasteiger partial charge < -0.3 is 4.90 Å². The number of nitrogens with zero attached hydrogens (tertiary/aromatic N) is 3. The quantitative estimate of drug-likeness (QED) is 0.547. The van der Waals surface area contributed by atoms with E-state index in [2.05, 4.69) is 32.5 Å². The molecule has 0 unspecified atom stereocenters. The summed E-state index contributed by atoms with van der Waals surface area (Å²) in [5.41, 5.74) is 0.0858. The molecule has 0 aromatic heterocycles. The van der Waals surface area contributed by atoms with Gasteiger partial charge in [0, 0.05) is 19.5 Å². The first-order valence-corrected chi connectivity index (χ1v) is 4.09. The van der Waals surface area contributed by atoms with Crippen LogP contribution in [0.5, 0.6) is 0 Å². The minimum atomic E-state index is 0.0858. The second kappa shape index (κ2) is 2.51. The van der Waals surface area contributed by atoms with Crippen molar-refractivity contribution in [3.63, 3.8) is 0 Å². The summed E-state index contributed by atoms with van der Waals surface area (Å²) in [7, 11) is 3.91. The smallest absolute Gasteiger partial charge is 0.136 e. The third-order valence-electron chi connectivity index (χ3n) is 1.99. The number of hydrogen-bond donors (Lipinski definition) is 0. The van der Waals surface area contributed by atoms with Gasteiger partial charge in [-0.05, 0) is 0 Å². The Kier molecular flexibility index (Phi) is 1.90. The van der Waals surface area contributed by atoms with Crippen molar-refractivity contribution in [3.05, 3.63) is 12.4 Å². The zero-order valence-corrected chi connectivity index (χ0v) is 8.55. The maximum Gasteiger partial charge on any atom is 0.136 e. The molecule has 0 aromatic rings. The molecular weight excluding hydrogens is 150 g/mol. The van der Waals surface area contributed by atoms with Gasteiger partial charge in [0.25, 0.3) is 0 Å².